The van der Waals surface area contributed by atoms with Crippen molar-refractivity contribution < 1.29 is 31.6 Å². The summed E-state index contributed by atoms with van der Waals surface area (Å²) in [5.41, 5.74) is 0.606. The number of nitrogens with zero attached hydrogens (tertiary/aromatic N) is 3. The zero-order valence-electron chi connectivity index (χ0n) is 20.1. The molecule has 3 rings (SSSR count). The van der Waals surface area contributed by atoms with Gasteiger partial charge in [-0.3, -0.25) is 9.59 Å². The highest BCUT2D eigenvalue weighted by molar-refractivity contribution is 7.89. The number of hydrogen-bond acceptors (Lipinski definition) is 6. The molecular formula is C24H32FN3O6S. The van der Waals surface area contributed by atoms with Gasteiger partial charge in [0, 0.05) is 39.3 Å². The van der Waals surface area contributed by atoms with Crippen LogP contribution in [0, 0.1) is 5.82 Å². The number of benzene rings is 1. The second-order valence-electron chi connectivity index (χ2n) is 8.38. The molecule has 0 spiro atoms. The SMILES string of the molecule is CCS(=O)(=O)N(CCOC)CC(=O)N(Cc1cccc(F)c1)C1CCN(C(=O)c2ccco2)CC1. The van der Waals surface area contributed by atoms with Gasteiger partial charge in [0.15, 0.2) is 5.76 Å². The van der Waals surface area contributed by atoms with E-state index >= 15 is 0 Å². The van der Waals surface area contributed by atoms with Gasteiger partial charge in [0.2, 0.25) is 15.9 Å². The molecule has 0 bridgehead atoms. The number of amides is 2. The Morgan fingerprint density at radius 1 is 1.20 bits per heavy atom. The van der Waals surface area contributed by atoms with Crippen molar-refractivity contribution in [1.29, 1.82) is 0 Å². The topological polar surface area (TPSA) is 100 Å². The molecule has 2 amide bonds. The Kier molecular flexibility index (Phi) is 9.41. The van der Waals surface area contributed by atoms with E-state index in [1.165, 1.54) is 32.4 Å². The first kappa shape index (κ1) is 26.8. The van der Waals surface area contributed by atoms with Crippen LogP contribution < -0.4 is 0 Å². The molecule has 0 radical (unpaired) electrons. The van der Waals surface area contributed by atoms with Gasteiger partial charge in [0.1, 0.15) is 5.82 Å². The van der Waals surface area contributed by atoms with Crippen molar-refractivity contribution in [3.63, 3.8) is 0 Å². The molecule has 9 nitrogen and oxygen atoms in total. The van der Waals surface area contributed by atoms with Crippen molar-refractivity contribution in [1.82, 2.24) is 14.1 Å². The Morgan fingerprint density at radius 2 is 1.94 bits per heavy atom. The van der Waals surface area contributed by atoms with Gasteiger partial charge >= 0.3 is 0 Å². The Hall–Kier alpha value is -2.76. The highest BCUT2D eigenvalue weighted by atomic mass is 32.2. The van der Waals surface area contributed by atoms with Gasteiger partial charge in [-0.25, -0.2) is 12.8 Å². The van der Waals surface area contributed by atoms with Crippen molar-refractivity contribution in [2.45, 2.75) is 32.4 Å². The molecule has 0 atom stereocenters. The lowest BCUT2D eigenvalue weighted by atomic mass is 10.0. The molecule has 1 aromatic carbocycles. The van der Waals surface area contributed by atoms with Gasteiger partial charge < -0.3 is 19.0 Å². The van der Waals surface area contributed by atoms with Gasteiger partial charge in [-0.2, -0.15) is 4.31 Å². The Balaban J connectivity index is 1.77. The molecule has 192 valence electrons. The van der Waals surface area contributed by atoms with E-state index in [9.17, 15) is 22.4 Å². The molecule has 1 saturated heterocycles. The molecule has 1 aliphatic rings. The van der Waals surface area contributed by atoms with Crippen LogP contribution in [0.1, 0.15) is 35.9 Å². The first-order chi connectivity index (χ1) is 16.7. The molecule has 35 heavy (non-hydrogen) atoms. The summed E-state index contributed by atoms with van der Waals surface area (Å²) in [5, 5.41) is 0. The number of rotatable bonds is 11. The van der Waals surface area contributed by atoms with Crippen molar-refractivity contribution in [2.24, 2.45) is 0 Å². The Morgan fingerprint density at radius 3 is 2.54 bits per heavy atom. The fourth-order valence-electron chi connectivity index (χ4n) is 4.12. The largest absolute Gasteiger partial charge is 0.459 e. The first-order valence-electron chi connectivity index (χ1n) is 11.6. The number of furan rings is 1. The van der Waals surface area contributed by atoms with Gasteiger partial charge in [0.25, 0.3) is 5.91 Å². The predicted octanol–water partition coefficient (Wildman–Crippen LogP) is 2.35. The number of ether oxygens (including phenoxy) is 1. The summed E-state index contributed by atoms with van der Waals surface area (Å²) < 4.78 is 50.3. The maximum absolute atomic E-state index is 13.8. The molecule has 11 heteroatoms. The van der Waals surface area contributed by atoms with E-state index in [0.717, 1.165) is 4.31 Å². The van der Waals surface area contributed by atoms with E-state index in [-0.39, 0.29) is 55.6 Å². The number of methoxy groups -OCH3 is 1. The average molecular weight is 510 g/mol. The van der Waals surface area contributed by atoms with Crippen LogP contribution >= 0.6 is 0 Å². The molecule has 0 saturated carbocycles. The molecule has 1 aromatic heterocycles. The number of halogens is 1. The lowest BCUT2D eigenvalue weighted by Gasteiger charge is -2.39. The number of hydrogen-bond donors (Lipinski definition) is 0. The molecule has 0 aliphatic carbocycles. The van der Waals surface area contributed by atoms with Crippen LogP contribution in [0.2, 0.25) is 0 Å². The summed E-state index contributed by atoms with van der Waals surface area (Å²) in [4.78, 5) is 29.4. The smallest absolute Gasteiger partial charge is 0.289 e. The fraction of sp³-hybridized carbons (Fsp3) is 0.500. The maximum Gasteiger partial charge on any atom is 0.289 e. The number of sulfonamides is 1. The standard InChI is InChI=1S/C24H32FN3O6S/c1-3-35(31,32)27(13-15-33-2)18-23(29)28(17-19-6-4-7-20(25)16-19)21-9-11-26(12-10-21)24(30)22-8-5-14-34-22/h4-8,14,16,21H,3,9-13,15,17-18H2,1-2H3. The lowest BCUT2D eigenvalue weighted by Crippen LogP contribution is -2.51. The summed E-state index contributed by atoms with van der Waals surface area (Å²) in [7, 11) is -2.17. The van der Waals surface area contributed by atoms with Crippen LogP contribution in [-0.2, 0) is 26.1 Å². The summed E-state index contributed by atoms with van der Waals surface area (Å²) in [5.74, 6) is -0.880. The highest BCUT2D eigenvalue weighted by Crippen LogP contribution is 2.22. The summed E-state index contributed by atoms with van der Waals surface area (Å²) in [6.45, 7) is 2.37. The van der Waals surface area contributed by atoms with Gasteiger partial charge in [-0.1, -0.05) is 12.1 Å². The van der Waals surface area contributed by atoms with E-state index in [2.05, 4.69) is 0 Å². The number of piperidine rings is 1. The zero-order chi connectivity index (χ0) is 25.4. The van der Waals surface area contributed by atoms with Gasteiger partial charge in [0.05, 0.1) is 25.2 Å². The van der Waals surface area contributed by atoms with E-state index in [1.54, 1.807) is 34.1 Å². The number of likely N-dealkylation sites (tertiary alicyclic amines) is 1. The third-order valence-corrected chi connectivity index (χ3v) is 7.93. The molecule has 1 aliphatic heterocycles. The molecule has 0 N–H and O–H groups in total. The fourth-order valence-corrected chi connectivity index (χ4v) is 5.15. The van der Waals surface area contributed by atoms with Gasteiger partial charge in [-0.15, -0.1) is 0 Å². The zero-order valence-corrected chi connectivity index (χ0v) is 20.9. The number of carbonyl (C=O) groups is 2. The van der Waals surface area contributed by atoms with E-state index in [4.69, 9.17) is 9.15 Å². The van der Waals surface area contributed by atoms with Crippen molar-refractivity contribution in [2.75, 3.05) is 45.6 Å². The second-order valence-corrected chi connectivity index (χ2v) is 10.6. The monoisotopic (exact) mass is 509 g/mol. The van der Waals surface area contributed by atoms with Crippen LogP contribution in [-0.4, -0.2) is 86.0 Å². The third kappa shape index (κ3) is 7.12. The Bertz CT molecular complexity index is 1080. The molecule has 2 heterocycles. The molecule has 2 aromatic rings. The van der Waals surface area contributed by atoms with E-state index in [1.807, 2.05) is 0 Å². The maximum atomic E-state index is 13.8. The first-order valence-corrected chi connectivity index (χ1v) is 13.2. The molecular weight excluding hydrogens is 477 g/mol. The summed E-state index contributed by atoms with van der Waals surface area (Å²) in [6, 6.07) is 9.01. The minimum absolute atomic E-state index is 0.0578. The van der Waals surface area contributed by atoms with Crippen molar-refractivity contribution in [3.8, 4) is 0 Å². The number of carbonyl (C=O) groups excluding carboxylic acids is 2. The van der Waals surface area contributed by atoms with E-state index < -0.39 is 15.8 Å². The predicted molar refractivity (Wildman–Crippen MR) is 127 cm³/mol. The molecule has 0 unspecified atom stereocenters. The summed E-state index contributed by atoms with van der Waals surface area (Å²) >= 11 is 0. The van der Waals surface area contributed by atoms with Crippen LogP contribution in [0.5, 0.6) is 0 Å². The second kappa shape index (κ2) is 12.3. The normalized spacial score (nSPS) is 14.9. The van der Waals surface area contributed by atoms with Crippen molar-refractivity contribution in [3.05, 3.63) is 59.8 Å². The summed E-state index contributed by atoms with van der Waals surface area (Å²) in [6.07, 6.45) is 2.46. The minimum atomic E-state index is -3.63. The highest BCUT2D eigenvalue weighted by Gasteiger charge is 2.33. The quantitative estimate of drug-likeness (QED) is 0.461. The van der Waals surface area contributed by atoms with Crippen LogP contribution in [0.3, 0.4) is 0 Å². The van der Waals surface area contributed by atoms with E-state index in [0.29, 0.717) is 31.5 Å². The lowest BCUT2D eigenvalue weighted by molar-refractivity contribution is -0.135. The van der Waals surface area contributed by atoms with Gasteiger partial charge in [-0.05, 0) is 49.6 Å². The third-order valence-electron chi connectivity index (χ3n) is 6.10. The van der Waals surface area contributed by atoms with Crippen LogP contribution in [0.25, 0.3) is 0 Å². The minimum Gasteiger partial charge on any atom is -0.459 e. The van der Waals surface area contributed by atoms with Crippen LogP contribution in [0.4, 0.5) is 4.39 Å². The van der Waals surface area contributed by atoms with Crippen LogP contribution in [0.15, 0.2) is 47.1 Å². The average Bonchev–Trinajstić information content (AvgIpc) is 3.39. The Labute approximate surface area is 205 Å². The molecule has 1 fully saturated rings. The van der Waals surface area contributed by atoms with Crippen molar-refractivity contribution >= 4 is 21.8 Å².